The van der Waals surface area contributed by atoms with Crippen LogP contribution in [-0.4, -0.2) is 21.0 Å². The molecule has 0 fully saturated rings. The first-order chi connectivity index (χ1) is 12.5. The average Bonchev–Trinajstić information content (AvgIpc) is 2.84. The molecule has 0 saturated heterocycles. The Morgan fingerprint density at radius 3 is 2.70 bits per heavy atom. The minimum atomic E-state index is -0.325. The third-order valence-corrected chi connectivity index (χ3v) is 6.21. The summed E-state index contributed by atoms with van der Waals surface area (Å²) in [6.45, 7) is 12.8. The van der Waals surface area contributed by atoms with Gasteiger partial charge in [0.2, 0.25) is 5.91 Å². The molecule has 1 amide bonds. The van der Waals surface area contributed by atoms with Crippen molar-refractivity contribution < 1.29 is 4.79 Å². The van der Waals surface area contributed by atoms with E-state index in [9.17, 15) is 9.59 Å². The van der Waals surface area contributed by atoms with E-state index in [4.69, 9.17) is 0 Å². The van der Waals surface area contributed by atoms with E-state index >= 15 is 0 Å². The van der Waals surface area contributed by atoms with Gasteiger partial charge in [-0.05, 0) is 56.4 Å². The lowest BCUT2D eigenvalue weighted by molar-refractivity contribution is -0.123. The van der Waals surface area contributed by atoms with Crippen LogP contribution in [0.15, 0.2) is 11.1 Å². The molecular weight excluding hydrogens is 358 g/mol. The lowest BCUT2D eigenvalue weighted by atomic mass is 9.82. The van der Waals surface area contributed by atoms with Gasteiger partial charge in [0.15, 0.2) is 0 Å². The molecule has 5 nitrogen and oxygen atoms in total. The summed E-state index contributed by atoms with van der Waals surface area (Å²) in [5.74, 6) is 0.508. The minimum Gasteiger partial charge on any atom is -0.350 e. The van der Waals surface area contributed by atoms with E-state index in [1.807, 2.05) is 13.8 Å². The van der Waals surface area contributed by atoms with E-state index in [1.54, 1.807) is 11.3 Å². The fraction of sp³-hybridized carbons (Fsp3) is 0.667. The van der Waals surface area contributed by atoms with Gasteiger partial charge in [0, 0.05) is 10.4 Å². The first-order valence-electron chi connectivity index (χ1n) is 9.76. The van der Waals surface area contributed by atoms with Crippen LogP contribution in [0.3, 0.4) is 0 Å². The minimum absolute atomic E-state index is 0.0103. The molecule has 2 aromatic rings. The zero-order valence-corrected chi connectivity index (χ0v) is 18.1. The Kier molecular flexibility index (Phi) is 5.23. The first kappa shape index (κ1) is 20.1. The molecule has 0 spiro atoms. The molecule has 0 unspecified atom stereocenters. The second kappa shape index (κ2) is 7.04. The molecule has 27 heavy (non-hydrogen) atoms. The Balaban J connectivity index is 1.82. The van der Waals surface area contributed by atoms with Gasteiger partial charge in [-0.1, -0.05) is 27.7 Å². The predicted molar refractivity (Wildman–Crippen MR) is 111 cm³/mol. The summed E-state index contributed by atoms with van der Waals surface area (Å²) in [5.41, 5.74) is 0.860. The van der Waals surface area contributed by atoms with E-state index in [-0.39, 0.29) is 29.0 Å². The molecule has 0 aromatic carbocycles. The van der Waals surface area contributed by atoms with Crippen molar-refractivity contribution in [1.82, 2.24) is 14.9 Å². The maximum atomic E-state index is 13.0. The number of carbonyl (C=O) groups is 1. The molecule has 1 aliphatic carbocycles. The predicted octanol–water partition coefficient (Wildman–Crippen LogP) is 3.91. The second-order valence-electron chi connectivity index (χ2n) is 9.88. The summed E-state index contributed by atoms with van der Waals surface area (Å²) in [5, 5.41) is 3.80. The molecule has 0 radical (unpaired) electrons. The first-order valence-corrected chi connectivity index (χ1v) is 10.6. The van der Waals surface area contributed by atoms with Crippen molar-refractivity contribution in [2.75, 3.05) is 0 Å². The largest absolute Gasteiger partial charge is 0.350 e. The fourth-order valence-corrected chi connectivity index (χ4v) is 5.76. The van der Waals surface area contributed by atoms with Gasteiger partial charge in [0.05, 0.1) is 11.7 Å². The Morgan fingerprint density at radius 1 is 1.33 bits per heavy atom. The van der Waals surface area contributed by atoms with E-state index in [2.05, 4.69) is 38.0 Å². The monoisotopic (exact) mass is 389 g/mol. The van der Waals surface area contributed by atoms with Crippen LogP contribution in [0.1, 0.15) is 64.8 Å². The molecule has 148 valence electrons. The van der Waals surface area contributed by atoms with Gasteiger partial charge in [0.1, 0.15) is 11.4 Å². The van der Waals surface area contributed by atoms with E-state index in [0.29, 0.717) is 5.92 Å². The topological polar surface area (TPSA) is 64.0 Å². The fourth-order valence-electron chi connectivity index (χ4n) is 4.42. The van der Waals surface area contributed by atoms with E-state index in [1.165, 1.54) is 15.8 Å². The summed E-state index contributed by atoms with van der Waals surface area (Å²) in [6.07, 6.45) is 5.44. The summed E-state index contributed by atoms with van der Waals surface area (Å²) in [6, 6.07) is 0. The molecule has 1 atom stereocenters. The molecule has 3 rings (SSSR count). The van der Waals surface area contributed by atoms with Crippen LogP contribution in [0.2, 0.25) is 0 Å². The molecule has 2 heterocycles. The third-order valence-electron chi connectivity index (χ3n) is 5.05. The van der Waals surface area contributed by atoms with Crippen molar-refractivity contribution >= 4 is 27.5 Å². The number of hydrogen-bond donors (Lipinski definition) is 1. The van der Waals surface area contributed by atoms with Crippen LogP contribution in [0.25, 0.3) is 10.2 Å². The third kappa shape index (κ3) is 4.60. The molecule has 2 aromatic heterocycles. The highest BCUT2D eigenvalue weighted by Gasteiger charge is 2.28. The van der Waals surface area contributed by atoms with Crippen molar-refractivity contribution in [3.8, 4) is 0 Å². The number of nitrogens with one attached hydrogen (secondary N) is 1. The summed E-state index contributed by atoms with van der Waals surface area (Å²) < 4.78 is 1.45. The van der Waals surface area contributed by atoms with Crippen LogP contribution in [-0.2, 0) is 24.2 Å². The normalized spacial score (nSPS) is 17.8. The Labute approximate surface area is 165 Å². The van der Waals surface area contributed by atoms with E-state index in [0.717, 1.165) is 41.5 Å². The number of aromatic nitrogens is 2. The van der Waals surface area contributed by atoms with Crippen LogP contribution in [0.5, 0.6) is 0 Å². The molecule has 1 aliphatic rings. The number of fused-ring (bicyclic) bond motifs is 3. The number of nitrogens with zero attached hydrogens (tertiary/aromatic N) is 2. The number of carbonyl (C=O) groups excluding carboxylic acids is 1. The highest BCUT2D eigenvalue weighted by atomic mass is 32.1. The zero-order valence-electron chi connectivity index (χ0n) is 17.3. The molecule has 0 saturated carbocycles. The van der Waals surface area contributed by atoms with Crippen LogP contribution in [0.4, 0.5) is 0 Å². The summed E-state index contributed by atoms with van der Waals surface area (Å²) >= 11 is 1.64. The van der Waals surface area contributed by atoms with Gasteiger partial charge in [-0.25, -0.2) is 4.98 Å². The molecule has 1 N–H and O–H groups in total. The quantitative estimate of drug-likeness (QED) is 0.862. The Morgan fingerprint density at radius 2 is 2.04 bits per heavy atom. The number of hydrogen-bond acceptors (Lipinski definition) is 4. The summed E-state index contributed by atoms with van der Waals surface area (Å²) in [4.78, 5) is 32.2. The maximum absolute atomic E-state index is 13.0. The second-order valence-corrected chi connectivity index (χ2v) is 11.0. The standard InChI is InChI=1S/C21H31N3O2S/c1-13-7-8-14-15(9-13)27-18-17(14)19(26)24(12-22-18)10-16(25)23-21(5,6)11-20(2,3)4/h12-13H,7-11H2,1-6H3,(H,23,25)/t13-/m0/s1. The molecule has 0 aliphatic heterocycles. The van der Waals surface area contributed by atoms with Crippen LogP contribution < -0.4 is 10.9 Å². The highest BCUT2D eigenvalue weighted by Crippen LogP contribution is 2.35. The maximum Gasteiger partial charge on any atom is 0.262 e. The SMILES string of the molecule is C[C@H]1CCc2c(sc3ncn(CC(=O)NC(C)(C)CC(C)(C)C)c(=O)c23)C1. The van der Waals surface area contributed by atoms with Gasteiger partial charge in [-0.2, -0.15) is 0 Å². The van der Waals surface area contributed by atoms with Crippen LogP contribution in [0, 0.1) is 11.3 Å². The van der Waals surface area contributed by atoms with Crippen molar-refractivity contribution in [2.45, 2.75) is 79.3 Å². The molecule has 6 heteroatoms. The highest BCUT2D eigenvalue weighted by molar-refractivity contribution is 7.18. The smallest absolute Gasteiger partial charge is 0.262 e. The zero-order chi connectivity index (χ0) is 20.0. The molecule has 0 bridgehead atoms. The summed E-state index contributed by atoms with van der Waals surface area (Å²) in [7, 11) is 0. The number of aryl methyl sites for hydroxylation is 1. The van der Waals surface area contributed by atoms with Crippen molar-refractivity contribution in [1.29, 1.82) is 0 Å². The van der Waals surface area contributed by atoms with Gasteiger partial charge < -0.3 is 5.32 Å². The van der Waals surface area contributed by atoms with Crippen LogP contribution >= 0.6 is 11.3 Å². The van der Waals surface area contributed by atoms with E-state index < -0.39 is 0 Å². The molecular formula is C21H31N3O2S. The van der Waals surface area contributed by atoms with Gasteiger partial charge >= 0.3 is 0 Å². The number of thiophene rings is 1. The Bertz CT molecular complexity index is 918. The van der Waals surface area contributed by atoms with Crippen molar-refractivity contribution in [2.24, 2.45) is 11.3 Å². The number of rotatable bonds is 4. The van der Waals surface area contributed by atoms with Crippen molar-refractivity contribution in [3.05, 3.63) is 27.1 Å². The lowest BCUT2D eigenvalue weighted by Gasteiger charge is -2.33. The number of amides is 1. The van der Waals surface area contributed by atoms with Gasteiger partial charge in [0.25, 0.3) is 5.56 Å². The van der Waals surface area contributed by atoms with Gasteiger partial charge in [-0.3, -0.25) is 14.2 Å². The van der Waals surface area contributed by atoms with Gasteiger partial charge in [-0.15, -0.1) is 11.3 Å². The average molecular weight is 390 g/mol. The lowest BCUT2D eigenvalue weighted by Crippen LogP contribution is -2.47. The Hall–Kier alpha value is -1.69. The van der Waals surface area contributed by atoms with Crippen molar-refractivity contribution in [3.63, 3.8) is 0 Å².